The molecule has 0 fully saturated rings. The number of nitrogens with zero attached hydrogens (tertiary/aromatic N) is 1. The van der Waals surface area contributed by atoms with Crippen molar-refractivity contribution >= 4 is 55.4 Å². The average molecular weight is 442 g/mol. The molecule has 0 amide bonds. The fraction of sp³-hybridized carbons (Fsp3) is 0.0667. The molecule has 1 aromatic heterocycles. The first-order valence-corrected chi connectivity index (χ1v) is 7.83. The summed E-state index contributed by atoms with van der Waals surface area (Å²) in [6.07, 6.45) is 0.168. The van der Waals surface area contributed by atoms with Gasteiger partial charge in [-0.2, -0.15) is 0 Å². The van der Waals surface area contributed by atoms with Gasteiger partial charge in [-0.3, -0.25) is 4.79 Å². The SMILES string of the molecule is O=C(Cc1nc2ccccc2o1)c1cc(Br)ccc1I. The Hall–Kier alpha value is -1.21. The van der Waals surface area contributed by atoms with Gasteiger partial charge in [0.15, 0.2) is 11.4 Å². The highest BCUT2D eigenvalue weighted by Gasteiger charge is 2.15. The number of carbonyl (C=O) groups is 1. The maximum atomic E-state index is 12.3. The number of ketones is 1. The normalized spacial score (nSPS) is 10.9. The molecule has 0 saturated heterocycles. The van der Waals surface area contributed by atoms with Gasteiger partial charge in [0.2, 0.25) is 5.89 Å². The highest BCUT2D eigenvalue weighted by atomic mass is 127. The summed E-state index contributed by atoms with van der Waals surface area (Å²) in [6.45, 7) is 0. The van der Waals surface area contributed by atoms with E-state index in [0.717, 1.165) is 13.6 Å². The van der Waals surface area contributed by atoms with Gasteiger partial charge < -0.3 is 4.42 Å². The Morgan fingerprint density at radius 2 is 2.05 bits per heavy atom. The Bertz CT molecular complexity index is 764. The van der Waals surface area contributed by atoms with Crippen molar-refractivity contribution in [2.75, 3.05) is 0 Å². The third-order valence-corrected chi connectivity index (χ3v) is 4.31. The average Bonchev–Trinajstić information content (AvgIpc) is 2.83. The van der Waals surface area contributed by atoms with Crippen LogP contribution in [0.4, 0.5) is 0 Å². The van der Waals surface area contributed by atoms with Crippen molar-refractivity contribution in [2.24, 2.45) is 0 Å². The van der Waals surface area contributed by atoms with Crippen LogP contribution in [-0.2, 0) is 6.42 Å². The first-order valence-electron chi connectivity index (χ1n) is 5.96. The van der Waals surface area contributed by atoms with Crippen LogP contribution in [-0.4, -0.2) is 10.8 Å². The summed E-state index contributed by atoms with van der Waals surface area (Å²) in [5.74, 6) is 0.453. The van der Waals surface area contributed by atoms with Crippen molar-refractivity contribution in [3.05, 3.63) is 62.0 Å². The minimum Gasteiger partial charge on any atom is -0.440 e. The smallest absolute Gasteiger partial charge is 0.203 e. The van der Waals surface area contributed by atoms with Crippen LogP contribution in [0, 0.1) is 3.57 Å². The number of fused-ring (bicyclic) bond motifs is 1. The van der Waals surface area contributed by atoms with Crippen LogP contribution in [0.15, 0.2) is 51.4 Å². The third kappa shape index (κ3) is 2.78. The molecule has 1 heterocycles. The molecule has 0 radical (unpaired) electrons. The summed E-state index contributed by atoms with van der Waals surface area (Å²) in [5, 5.41) is 0. The lowest BCUT2D eigenvalue weighted by Crippen LogP contribution is -2.06. The van der Waals surface area contributed by atoms with E-state index in [2.05, 4.69) is 43.5 Å². The van der Waals surface area contributed by atoms with Crippen molar-refractivity contribution in [3.63, 3.8) is 0 Å². The number of benzene rings is 2. The first-order chi connectivity index (χ1) is 9.63. The van der Waals surface area contributed by atoms with E-state index in [4.69, 9.17) is 4.42 Å². The molecule has 3 rings (SSSR count). The van der Waals surface area contributed by atoms with E-state index < -0.39 is 0 Å². The van der Waals surface area contributed by atoms with Gasteiger partial charge in [0.25, 0.3) is 0 Å². The number of aromatic nitrogens is 1. The number of hydrogen-bond acceptors (Lipinski definition) is 3. The second kappa shape index (κ2) is 5.65. The Balaban J connectivity index is 1.90. The van der Waals surface area contributed by atoms with Crippen LogP contribution in [0.25, 0.3) is 11.1 Å². The van der Waals surface area contributed by atoms with E-state index in [1.165, 1.54) is 0 Å². The van der Waals surface area contributed by atoms with Gasteiger partial charge in [-0.25, -0.2) is 4.98 Å². The largest absolute Gasteiger partial charge is 0.440 e. The van der Waals surface area contributed by atoms with E-state index in [1.807, 2.05) is 42.5 Å². The highest BCUT2D eigenvalue weighted by Crippen LogP contribution is 2.21. The van der Waals surface area contributed by atoms with Crippen molar-refractivity contribution in [2.45, 2.75) is 6.42 Å². The standard InChI is InChI=1S/C15H9BrINO2/c16-9-5-6-11(17)10(7-9)13(19)8-15-18-12-3-1-2-4-14(12)20-15/h1-7H,8H2. The summed E-state index contributed by atoms with van der Waals surface area (Å²) in [7, 11) is 0. The summed E-state index contributed by atoms with van der Waals surface area (Å²) in [5.41, 5.74) is 2.17. The molecule has 0 aliphatic rings. The number of carbonyl (C=O) groups excluding carboxylic acids is 1. The van der Waals surface area contributed by atoms with Gasteiger partial charge in [0.05, 0.1) is 6.42 Å². The van der Waals surface area contributed by atoms with Crippen molar-refractivity contribution in [1.29, 1.82) is 0 Å². The van der Waals surface area contributed by atoms with E-state index in [1.54, 1.807) is 0 Å². The van der Waals surface area contributed by atoms with Crippen molar-refractivity contribution in [3.8, 4) is 0 Å². The number of hydrogen-bond donors (Lipinski definition) is 0. The van der Waals surface area contributed by atoms with E-state index in [9.17, 15) is 4.79 Å². The molecule has 0 bridgehead atoms. The molecule has 0 N–H and O–H groups in total. The Morgan fingerprint density at radius 1 is 1.25 bits per heavy atom. The molecule has 3 aromatic rings. The number of para-hydroxylation sites is 2. The second-order valence-electron chi connectivity index (χ2n) is 4.30. The number of oxazole rings is 1. The molecule has 5 heteroatoms. The molecule has 2 aromatic carbocycles. The van der Waals surface area contributed by atoms with Crippen LogP contribution in [0.1, 0.15) is 16.2 Å². The molecular formula is C15H9BrINO2. The molecule has 3 nitrogen and oxygen atoms in total. The van der Waals surface area contributed by atoms with Crippen molar-refractivity contribution < 1.29 is 9.21 Å². The zero-order chi connectivity index (χ0) is 14.1. The predicted octanol–water partition coefficient (Wildman–Crippen LogP) is 4.62. The zero-order valence-corrected chi connectivity index (χ0v) is 14.0. The lowest BCUT2D eigenvalue weighted by Gasteiger charge is -2.02. The molecule has 0 aliphatic heterocycles. The van der Waals surface area contributed by atoms with Crippen LogP contribution in [0.5, 0.6) is 0 Å². The molecule has 0 spiro atoms. The highest BCUT2D eigenvalue weighted by molar-refractivity contribution is 14.1. The number of Topliss-reactive ketones (excluding diaryl/α,β-unsaturated/α-hetero) is 1. The maximum Gasteiger partial charge on any atom is 0.203 e. The maximum absolute atomic E-state index is 12.3. The van der Waals surface area contributed by atoms with Crippen LogP contribution in [0.3, 0.4) is 0 Å². The molecule has 0 unspecified atom stereocenters. The quantitative estimate of drug-likeness (QED) is 0.440. The molecule has 0 aliphatic carbocycles. The molecule has 0 atom stereocenters. The molecule has 20 heavy (non-hydrogen) atoms. The van der Waals surface area contributed by atoms with Gasteiger partial charge in [-0.1, -0.05) is 28.1 Å². The summed E-state index contributed by atoms with van der Waals surface area (Å²) in [6, 6.07) is 13.1. The minimum absolute atomic E-state index is 0.00209. The van der Waals surface area contributed by atoms with Crippen LogP contribution < -0.4 is 0 Å². The van der Waals surface area contributed by atoms with Crippen LogP contribution >= 0.6 is 38.5 Å². The predicted molar refractivity (Wildman–Crippen MR) is 88.9 cm³/mol. The van der Waals surface area contributed by atoms with Crippen LogP contribution in [0.2, 0.25) is 0 Å². The summed E-state index contributed by atoms with van der Waals surface area (Å²) >= 11 is 5.54. The summed E-state index contributed by atoms with van der Waals surface area (Å²) < 4.78 is 7.40. The zero-order valence-electron chi connectivity index (χ0n) is 10.3. The van der Waals surface area contributed by atoms with Crippen molar-refractivity contribution in [1.82, 2.24) is 4.98 Å². The lowest BCUT2D eigenvalue weighted by molar-refractivity contribution is 0.0985. The minimum atomic E-state index is 0.00209. The number of rotatable bonds is 3. The molecular weight excluding hydrogens is 433 g/mol. The van der Waals surface area contributed by atoms with Gasteiger partial charge in [-0.05, 0) is 52.9 Å². The monoisotopic (exact) mass is 441 g/mol. The topological polar surface area (TPSA) is 43.1 Å². The Morgan fingerprint density at radius 3 is 2.85 bits per heavy atom. The van der Waals surface area contributed by atoms with Gasteiger partial charge in [-0.15, -0.1) is 0 Å². The molecule has 0 saturated carbocycles. The van der Waals surface area contributed by atoms with E-state index >= 15 is 0 Å². The Kier molecular flexibility index (Phi) is 3.89. The second-order valence-corrected chi connectivity index (χ2v) is 6.38. The number of halogens is 2. The van der Waals surface area contributed by atoms with E-state index in [0.29, 0.717) is 17.0 Å². The Labute approximate surface area is 137 Å². The van der Waals surface area contributed by atoms with Gasteiger partial charge in [0.1, 0.15) is 5.52 Å². The van der Waals surface area contributed by atoms with E-state index in [-0.39, 0.29) is 12.2 Å². The van der Waals surface area contributed by atoms with Gasteiger partial charge in [0, 0.05) is 13.6 Å². The summed E-state index contributed by atoms with van der Waals surface area (Å²) in [4.78, 5) is 16.7. The fourth-order valence-electron chi connectivity index (χ4n) is 1.94. The molecule has 100 valence electrons. The fourth-order valence-corrected chi connectivity index (χ4v) is 2.94. The van der Waals surface area contributed by atoms with Gasteiger partial charge >= 0.3 is 0 Å². The first kappa shape index (κ1) is 13.8. The third-order valence-electron chi connectivity index (χ3n) is 2.88. The lowest BCUT2D eigenvalue weighted by atomic mass is 10.1.